The second-order valence-corrected chi connectivity index (χ2v) is 13.1. The van der Waals surface area contributed by atoms with Crippen LogP contribution in [0.5, 0.6) is 11.5 Å². The molecule has 1 aliphatic heterocycles. The summed E-state index contributed by atoms with van der Waals surface area (Å²) in [5.41, 5.74) is 2.07. The van der Waals surface area contributed by atoms with Crippen molar-refractivity contribution in [2.45, 2.75) is 51.0 Å². The number of nitrogens with zero attached hydrogens (tertiary/aromatic N) is 1. The third kappa shape index (κ3) is 6.83. The van der Waals surface area contributed by atoms with Gasteiger partial charge in [0, 0.05) is 24.2 Å². The number of amides is 2. The number of hydrogen-bond donors (Lipinski definition) is 1. The lowest BCUT2D eigenvalue weighted by Crippen LogP contribution is -2.41. The van der Waals surface area contributed by atoms with Gasteiger partial charge in [0.15, 0.2) is 18.1 Å². The van der Waals surface area contributed by atoms with E-state index in [1.165, 1.54) is 36.6 Å². The summed E-state index contributed by atoms with van der Waals surface area (Å²) in [6, 6.07) is 19.7. The van der Waals surface area contributed by atoms with Crippen molar-refractivity contribution in [3.8, 4) is 22.8 Å². The lowest BCUT2D eigenvalue weighted by Gasteiger charge is -2.30. The topological polar surface area (TPSA) is 81.0 Å². The normalized spacial score (nSPS) is 22.0. The Hall–Kier alpha value is -3.56. The third-order valence-electron chi connectivity index (χ3n) is 8.62. The molecular weight excluding hydrogens is 581 g/mol. The van der Waals surface area contributed by atoms with E-state index in [0.29, 0.717) is 44.7 Å². The van der Waals surface area contributed by atoms with Gasteiger partial charge in [0.05, 0.1) is 12.0 Å². The van der Waals surface area contributed by atoms with E-state index in [0.717, 1.165) is 37.2 Å². The van der Waals surface area contributed by atoms with Gasteiger partial charge in [-0.1, -0.05) is 60.7 Å². The molecule has 1 N–H and O–H groups in total. The molecule has 3 aliphatic rings. The van der Waals surface area contributed by atoms with Crippen LogP contribution in [0.2, 0.25) is 0 Å². The highest BCUT2D eigenvalue weighted by atomic mass is 32.2. The molecule has 2 aromatic carbocycles. The third-order valence-corrected chi connectivity index (χ3v) is 9.95. The Kier molecular flexibility index (Phi) is 9.19. The molecule has 7 nitrogen and oxygen atoms in total. The summed E-state index contributed by atoms with van der Waals surface area (Å²) in [5.74, 6) is 3.27. The fraction of sp³-hybridized carbons (Fsp3) is 0.382. The van der Waals surface area contributed by atoms with Crippen LogP contribution in [0, 0.1) is 11.8 Å². The summed E-state index contributed by atoms with van der Waals surface area (Å²) >= 11 is 6.98. The number of carbonyl (C=O) groups is 2. The average Bonchev–Trinajstić information content (AvgIpc) is 3.82. The number of hydrogen-bond acceptors (Lipinski definition) is 7. The SMILES string of the molecule is COc1ccc(-c2ccc(C=C3SC(=S)N(C4CC5CCC4C5)C3=O)o2)cc1OCC(=O)NCCCCc1ccccc1. The van der Waals surface area contributed by atoms with Gasteiger partial charge in [-0.25, -0.2) is 0 Å². The molecule has 1 saturated heterocycles. The molecule has 3 atom stereocenters. The van der Waals surface area contributed by atoms with Gasteiger partial charge >= 0.3 is 0 Å². The molecule has 3 aromatic rings. The zero-order chi connectivity index (χ0) is 29.8. The van der Waals surface area contributed by atoms with Crippen LogP contribution in [0.1, 0.15) is 49.8 Å². The number of thiocarbonyl (C=S) groups is 1. The molecule has 0 spiro atoms. The highest BCUT2D eigenvalue weighted by Gasteiger charge is 2.48. The Labute approximate surface area is 262 Å². The van der Waals surface area contributed by atoms with E-state index in [-0.39, 0.29) is 24.5 Å². The van der Waals surface area contributed by atoms with E-state index in [1.54, 1.807) is 25.3 Å². The summed E-state index contributed by atoms with van der Waals surface area (Å²) in [5, 5.41) is 2.92. The Bertz CT molecular complexity index is 1520. The Morgan fingerprint density at radius 3 is 2.72 bits per heavy atom. The maximum Gasteiger partial charge on any atom is 0.266 e. The number of ether oxygens (including phenoxy) is 2. The minimum atomic E-state index is -0.185. The van der Waals surface area contributed by atoms with E-state index in [1.807, 2.05) is 41.3 Å². The molecule has 3 fully saturated rings. The summed E-state index contributed by atoms with van der Waals surface area (Å²) in [4.78, 5) is 28.2. The van der Waals surface area contributed by atoms with Crippen LogP contribution in [0.15, 0.2) is 70.0 Å². The first-order valence-corrected chi connectivity index (χ1v) is 16.2. The highest BCUT2D eigenvalue weighted by molar-refractivity contribution is 8.26. The fourth-order valence-corrected chi connectivity index (χ4v) is 7.82. The van der Waals surface area contributed by atoms with Gasteiger partial charge in [0.1, 0.15) is 15.8 Å². The molecule has 3 unspecified atom stereocenters. The molecule has 0 radical (unpaired) electrons. The molecule has 2 heterocycles. The number of fused-ring (bicyclic) bond motifs is 2. The molecular formula is C34H36N2O5S2. The van der Waals surface area contributed by atoms with Crippen molar-refractivity contribution >= 4 is 46.2 Å². The first-order valence-electron chi connectivity index (χ1n) is 15.0. The van der Waals surface area contributed by atoms with Crippen molar-refractivity contribution in [1.29, 1.82) is 0 Å². The predicted molar refractivity (Wildman–Crippen MR) is 173 cm³/mol. The van der Waals surface area contributed by atoms with Crippen molar-refractivity contribution in [3.63, 3.8) is 0 Å². The zero-order valence-electron chi connectivity index (χ0n) is 24.3. The van der Waals surface area contributed by atoms with E-state index >= 15 is 0 Å². The molecule has 2 saturated carbocycles. The standard InChI is InChI=1S/C34H36N2O5S2/c1-39-29-14-12-25(19-30(29)40-21-32(37)35-16-6-5-9-22-7-3-2-4-8-22)28-15-13-26(41-28)20-31-33(38)36(34(42)43-31)27-18-23-10-11-24(27)17-23/h2-4,7-8,12-15,19-20,23-24,27H,5-6,9-11,16-18,21H2,1H3,(H,35,37). The van der Waals surface area contributed by atoms with Crippen molar-refractivity contribution in [2.24, 2.45) is 11.8 Å². The van der Waals surface area contributed by atoms with Crippen LogP contribution in [-0.4, -0.2) is 47.3 Å². The summed E-state index contributed by atoms with van der Waals surface area (Å²) in [6.45, 7) is 0.480. The average molecular weight is 617 g/mol. The van der Waals surface area contributed by atoms with Crippen molar-refractivity contribution < 1.29 is 23.5 Å². The Morgan fingerprint density at radius 2 is 1.95 bits per heavy atom. The van der Waals surface area contributed by atoms with Gasteiger partial charge in [0.2, 0.25) is 0 Å². The molecule has 43 heavy (non-hydrogen) atoms. The van der Waals surface area contributed by atoms with E-state index in [9.17, 15) is 9.59 Å². The number of thioether (sulfide) groups is 1. The number of nitrogens with one attached hydrogen (secondary N) is 1. The lowest BCUT2D eigenvalue weighted by atomic mass is 9.94. The second-order valence-electron chi connectivity index (χ2n) is 11.4. The molecule has 1 aromatic heterocycles. The summed E-state index contributed by atoms with van der Waals surface area (Å²) in [7, 11) is 1.56. The van der Waals surface area contributed by atoms with Crippen LogP contribution in [0.4, 0.5) is 0 Å². The first kappa shape index (κ1) is 29.5. The molecule has 2 amide bonds. The van der Waals surface area contributed by atoms with Crippen LogP contribution >= 0.6 is 24.0 Å². The number of carbonyl (C=O) groups excluding carboxylic acids is 2. The molecule has 9 heteroatoms. The lowest BCUT2D eigenvalue weighted by molar-refractivity contribution is -0.124. The van der Waals surface area contributed by atoms with E-state index in [4.69, 9.17) is 26.1 Å². The van der Waals surface area contributed by atoms with Gasteiger partial charge in [-0.15, -0.1) is 0 Å². The maximum atomic E-state index is 13.3. The Morgan fingerprint density at radius 1 is 1.09 bits per heavy atom. The Balaban J connectivity index is 1.04. The number of furan rings is 1. The number of methoxy groups -OCH3 is 1. The largest absolute Gasteiger partial charge is 0.493 e. The number of benzene rings is 2. The van der Waals surface area contributed by atoms with Crippen molar-refractivity contribution in [1.82, 2.24) is 10.2 Å². The summed E-state index contributed by atoms with van der Waals surface area (Å²) < 4.78 is 18.1. The van der Waals surface area contributed by atoms with Crippen LogP contribution < -0.4 is 14.8 Å². The van der Waals surface area contributed by atoms with E-state index < -0.39 is 0 Å². The predicted octanol–water partition coefficient (Wildman–Crippen LogP) is 6.86. The van der Waals surface area contributed by atoms with Gasteiger partial charge in [-0.05, 0) is 86.3 Å². The minimum absolute atomic E-state index is 0.0138. The van der Waals surface area contributed by atoms with Crippen LogP contribution in [0.3, 0.4) is 0 Å². The first-order chi connectivity index (χ1) is 21.0. The molecule has 2 bridgehead atoms. The number of aryl methyl sites for hydroxylation is 1. The van der Waals surface area contributed by atoms with Crippen LogP contribution in [0.25, 0.3) is 17.4 Å². The summed E-state index contributed by atoms with van der Waals surface area (Å²) in [6.07, 6.45) is 9.42. The number of unbranched alkanes of at least 4 members (excludes halogenated alkanes) is 1. The quantitative estimate of drug-likeness (QED) is 0.135. The molecule has 6 rings (SSSR count). The van der Waals surface area contributed by atoms with E-state index in [2.05, 4.69) is 17.4 Å². The van der Waals surface area contributed by atoms with Gasteiger partial charge in [-0.2, -0.15) is 0 Å². The maximum absolute atomic E-state index is 13.3. The number of rotatable bonds is 12. The minimum Gasteiger partial charge on any atom is -0.493 e. The molecule has 2 aliphatic carbocycles. The smallest absolute Gasteiger partial charge is 0.266 e. The second kappa shape index (κ2) is 13.4. The fourth-order valence-electron chi connectivity index (χ4n) is 6.47. The monoisotopic (exact) mass is 616 g/mol. The van der Waals surface area contributed by atoms with Gasteiger partial charge in [-0.3, -0.25) is 14.5 Å². The van der Waals surface area contributed by atoms with Gasteiger partial charge < -0.3 is 19.2 Å². The highest BCUT2D eigenvalue weighted by Crippen LogP contribution is 2.49. The van der Waals surface area contributed by atoms with Crippen molar-refractivity contribution in [2.75, 3.05) is 20.3 Å². The molecule has 224 valence electrons. The zero-order valence-corrected chi connectivity index (χ0v) is 25.9. The van der Waals surface area contributed by atoms with Crippen LogP contribution in [-0.2, 0) is 16.0 Å². The van der Waals surface area contributed by atoms with Crippen molar-refractivity contribution in [3.05, 3.63) is 76.9 Å². The van der Waals surface area contributed by atoms with Gasteiger partial charge in [0.25, 0.3) is 11.8 Å².